The van der Waals surface area contributed by atoms with E-state index in [0.29, 0.717) is 11.3 Å². The fourth-order valence-corrected chi connectivity index (χ4v) is 2.89. The summed E-state index contributed by atoms with van der Waals surface area (Å²) in [7, 11) is 0. The maximum Gasteiger partial charge on any atom is 0.256 e. The van der Waals surface area contributed by atoms with Gasteiger partial charge < -0.3 is 9.73 Å². The third kappa shape index (κ3) is 2.62. The number of benzene rings is 2. The molecule has 3 aromatic rings. The highest BCUT2D eigenvalue weighted by Crippen LogP contribution is 2.33. The van der Waals surface area contributed by atoms with Crippen LogP contribution in [0.2, 0.25) is 0 Å². The molecule has 1 amide bonds. The number of halogens is 1. The lowest BCUT2D eigenvalue weighted by Crippen LogP contribution is -2.03. The summed E-state index contributed by atoms with van der Waals surface area (Å²) in [6, 6.07) is 19.3. The molecular weight excluding hydrogens is 354 g/mol. The van der Waals surface area contributed by atoms with Crippen LogP contribution in [0.1, 0.15) is 11.3 Å². The molecule has 0 saturated heterocycles. The Bertz CT molecular complexity index is 923. The molecule has 0 fully saturated rings. The average molecular weight is 366 g/mol. The number of amides is 1. The van der Waals surface area contributed by atoms with Gasteiger partial charge in [0.15, 0.2) is 0 Å². The minimum Gasteiger partial charge on any atom is -0.457 e. The predicted octanol–water partition coefficient (Wildman–Crippen LogP) is 5.20. The van der Waals surface area contributed by atoms with Crippen LogP contribution in [0.3, 0.4) is 0 Å². The van der Waals surface area contributed by atoms with Crippen molar-refractivity contribution in [1.82, 2.24) is 0 Å². The summed E-state index contributed by atoms with van der Waals surface area (Å²) in [5.41, 5.74) is 3.36. The number of fused-ring (bicyclic) bond motifs is 1. The Hall–Kier alpha value is -2.59. The van der Waals surface area contributed by atoms with Crippen molar-refractivity contribution in [3.8, 4) is 11.3 Å². The zero-order chi connectivity index (χ0) is 15.8. The van der Waals surface area contributed by atoms with E-state index in [2.05, 4.69) is 21.2 Å². The monoisotopic (exact) mass is 365 g/mol. The quantitative estimate of drug-likeness (QED) is 0.634. The first-order chi connectivity index (χ1) is 11.2. The second-order valence-corrected chi connectivity index (χ2v) is 6.18. The number of hydrogen-bond donors (Lipinski definition) is 1. The lowest BCUT2D eigenvalue weighted by molar-refractivity contribution is -0.110. The molecule has 1 aliphatic rings. The predicted molar refractivity (Wildman–Crippen MR) is 94.8 cm³/mol. The first kappa shape index (κ1) is 14.0. The lowest BCUT2D eigenvalue weighted by atomic mass is 10.1. The SMILES string of the molecule is O=C1Nc2ccccc2/C1=C\c1ccc(-c2ccc(Br)cc2)o1. The third-order valence-electron chi connectivity index (χ3n) is 3.75. The second-order valence-electron chi connectivity index (χ2n) is 5.27. The summed E-state index contributed by atoms with van der Waals surface area (Å²) in [5, 5.41) is 2.86. The summed E-state index contributed by atoms with van der Waals surface area (Å²) in [6.45, 7) is 0. The van der Waals surface area contributed by atoms with Crippen molar-refractivity contribution < 1.29 is 9.21 Å². The second kappa shape index (κ2) is 5.56. The largest absolute Gasteiger partial charge is 0.457 e. The third-order valence-corrected chi connectivity index (χ3v) is 4.28. The smallest absolute Gasteiger partial charge is 0.256 e. The molecule has 1 aliphatic heterocycles. The number of para-hydroxylation sites is 1. The average Bonchev–Trinajstić information content (AvgIpc) is 3.14. The number of furan rings is 1. The maximum atomic E-state index is 12.1. The molecule has 0 atom stereocenters. The first-order valence-corrected chi connectivity index (χ1v) is 7.98. The number of anilines is 1. The van der Waals surface area contributed by atoms with E-state index in [1.54, 1.807) is 6.08 Å². The maximum absolute atomic E-state index is 12.1. The molecule has 0 unspecified atom stereocenters. The van der Waals surface area contributed by atoms with Crippen molar-refractivity contribution in [1.29, 1.82) is 0 Å². The Balaban J connectivity index is 1.70. The van der Waals surface area contributed by atoms with Crippen molar-refractivity contribution in [2.75, 3.05) is 5.32 Å². The van der Waals surface area contributed by atoms with Crippen molar-refractivity contribution in [3.63, 3.8) is 0 Å². The van der Waals surface area contributed by atoms with Crippen LogP contribution in [0.5, 0.6) is 0 Å². The van der Waals surface area contributed by atoms with Gasteiger partial charge in [-0.15, -0.1) is 0 Å². The minimum absolute atomic E-state index is 0.104. The number of nitrogens with one attached hydrogen (secondary N) is 1. The molecule has 4 rings (SSSR count). The van der Waals surface area contributed by atoms with Crippen LogP contribution < -0.4 is 5.32 Å². The molecule has 3 nitrogen and oxygen atoms in total. The van der Waals surface area contributed by atoms with Gasteiger partial charge >= 0.3 is 0 Å². The molecule has 4 heteroatoms. The molecule has 0 saturated carbocycles. The van der Waals surface area contributed by atoms with E-state index < -0.39 is 0 Å². The highest BCUT2D eigenvalue weighted by atomic mass is 79.9. The van der Waals surface area contributed by atoms with Crippen LogP contribution in [0.4, 0.5) is 5.69 Å². The molecule has 112 valence electrons. The topological polar surface area (TPSA) is 42.2 Å². The Morgan fingerprint density at radius 2 is 1.74 bits per heavy atom. The van der Waals surface area contributed by atoms with Gasteiger partial charge in [0.1, 0.15) is 11.5 Å². The van der Waals surface area contributed by atoms with Crippen molar-refractivity contribution in [2.45, 2.75) is 0 Å². The van der Waals surface area contributed by atoms with Crippen LogP contribution in [-0.2, 0) is 4.79 Å². The number of carbonyl (C=O) groups excluding carboxylic acids is 1. The van der Waals surface area contributed by atoms with E-state index in [4.69, 9.17) is 4.42 Å². The molecule has 23 heavy (non-hydrogen) atoms. The van der Waals surface area contributed by atoms with E-state index in [-0.39, 0.29) is 5.91 Å². The molecule has 1 N–H and O–H groups in total. The molecule has 2 heterocycles. The molecule has 1 aromatic heterocycles. The highest BCUT2D eigenvalue weighted by Gasteiger charge is 2.23. The highest BCUT2D eigenvalue weighted by molar-refractivity contribution is 9.10. The van der Waals surface area contributed by atoms with E-state index >= 15 is 0 Å². The van der Waals surface area contributed by atoms with E-state index in [9.17, 15) is 4.79 Å². The van der Waals surface area contributed by atoms with Gasteiger partial charge in [0.05, 0.1) is 5.57 Å². The number of carbonyl (C=O) groups is 1. The van der Waals surface area contributed by atoms with Crippen molar-refractivity contribution >= 4 is 39.2 Å². The molecule has 0 spiro atoms. The van der Waals surface area contributed by atoms with Gasteiger partial charge in [-0.05, 0) is 36.4 Å². The van der Waals surface area contributed by atoms with Gasteiger partial charge in [-0.3, -0.25) is 4.79 Å². The van der Waals surface area contributed by atoms with Gasteiger partial charge in [-0.25, -0.2) is 0 Å². The van der Waals surface area contributed by atoms with Crippen molar-refractivity contribution in [3.05, 3.63) is 76.5 Å². The summed E-state index contributed by atoms with van der Waals surface area (Å²) in [5.74, 6) is 1.33. The number of hydrogen-bond acceptors (Lipinski definition) is 2. The van der Waals surface area contributed by atoms with Crippen LogP contribution in [-0.4, -0.2) is 5.91 Å². The normalized spacial score (nSPS) is 14.8. The summed E-state index contributed by atoms with van der Waals surface area (Å²) >= 11 is 3.42. The van der Waals surface area contributed by atoms with Gasteiger partial charge in [0, 0.05) is 21.3 Å². The van der Waals surface area contributed by atoms with Crippen molar-refractivity contribution in [2.24, 2.45) is 0 Å². The summed E-state index contributed by atoms with van der Waals surface area (Å²) in [6.07, 6.45) is 1.78. The van der Waals surface area contributed by atoms with E-state index in [1.807, 2.05) is 60.7 Å². The van der Waals surface area contributed by atoms with Crippen LogP contribution in [0, 0.1) is 0 Å². The standard InChI is InChI=1S/C19H12BrNO2/c20-13-7-5-12(6-8-13)18-10-9-14(23-18)11-16-15-3-1-2-4-17(15)21-19(16)22/h1-11H,(H,21,22)/b16-11+. The Morgan fingerprint density at radius 1 is 0.957 bits per heavy atom. The van der Waals surface area contributed by atoms with Gasteiger partial charge in [0.2, 0.25) is 0 Å². The van der Waals surface area contributed by atoms with E-state index in [0.717, 1.165) is 27.0 Å². The van der Waals surface area contributed by atoms with E-state index in [1.165, 1.54) is 0 Å². The lowest BCUT2D eigenvalue weighted by Gasteiger charge is -1.98. The Kier molecular flexibility index (Phi) is 3.39. The summed E-state index contributed by atoms with van der Waals surface area (Å²) < 4.78 is 6.89. The van der Waals surface area contributed by atoms with Gasteiger partial charge in [0.25, 0.3) is 5.91 Å². The Labute approximate surface area is 141 Å². The summed E-state index contributed by atoms with van der Waals surface area (Å²) in [4.78, 5) is 12.1. The van der Waals surface area contributed by atoms with Gasteiger partial charge in [-0.2, -0.15) is 0 Å². The number of rotatable bonds is 2. The molecule has 0 radical (unpaired) electrons. The van der Waals surface area contributed by atoms with Crippen LogP contribution in [0.25, 0.3) is 23.0 Å². The fraction of sp³-hybridized carbons (Fsp3) is 0. The molecule has 0 bridgehead atoms. The fourth-order valence-electron chi connectivity index (χ4n) is 2.62. The molecule has 0 aliphatic carbocycles. The zero-order valence-corrected chi connectivity index (χ0v) is 13.6. The van der Waals surface area contributed by atoms with Gasteiger partial charge in [-0.1, -0.05) is 46.3 Å². The molecule has 2 aromatic carbocycles. The zero-order valence-electron chi connectivity index (χ0n) is 12.0. The molecular formula is C19H12BrNO2. The minimum atomic E-state index is -0.104. The van der Waals surface area contributed by atoms with Crippen LogP contribution in [0.15, 0.2) is 69.6 Å². The Morgan fingerprint density at radius 3 is 2.57 bits per heavy atom. The van der Waals surface area contributed by atoms with Crippen LogP contribution >= 0.6 is 15.9 Å². The first-order valence-electron chi connectivity index (χ1n) is 7.19.